The van der Waals surface area contributed by atoms with Gasteiger partial charge in [-0.15, -0.1) is 0 Å². The van der Waals surface area contributed by atoms with Gasteiger partial charge in [0.25, 0.3) is 0 Å². The number of amides is 1. The highest BCUT2D eigenvalue weighted by Gasteiger charge is 2.06. The number of para-hydroxylation sites is 2. The van der Waals surface area contributed by atoms with E-state index in [2.05, 4.69) is 22.2 Å². The SMILES string of the molecule is CCCCC(=O)Nc1ccc(-c2nc3ccccc3[nH]2)cc1. The molecule has 0 atom stereocenters. The molecule has 2 aromatic carbocycles. The first-order chi connectivity index (χ1) is 10.8. The highest BCUT2D eigenvalue weighted by molar-refractivity contribution is 5.91. The molecule has 4 nitrogen and oxygen atoms in total. The van der Waals surface area contributed by atoms with Crippen LogP contribution in [0.2, 0.25) is 0 Å². The number of rotatable bonds is 5. The van der Waals surface area contributed by atoms with Crippen LogP contribution in [0.25, 0.3) is 22.4 Å². The van der Waals surface area contributed by atoms with Crippen molar-refractivity contribution in [1.29, 1.82) is 0 Å². The lowest BCUT2D eigenvalue weighted by Gasteiger charge is -2.05. The Morgan fingerprint density at radius 3 is 2.64 bits per heavy atom. The standard InChI is InChI=1S/C18H19N3O/c1-2-3-8-17(22)19-14-11-9-13(10-12-14)18-20-15-6-4-5-7-16(15)21-18/h4-7,9-12H,2-3,8H2,1H3,(H,19,22)(H,20,21). The van der Waals surface area contributed by atoms with E-state index in [0.717, 1.165) is 41.0 Å². The number of anilines is 1. The summed E-state index contributed by atoms with van der Waals surface area (Å²) in [6.45, 7) is 2.08. The van der Waals surface area contributed by atoms with E-state index in [-0.39, 0.29) is 5.91 Å². The fraction of sp³-hybridized carbons (Fsp3) is 0.222. The number of aromatic nitrogens is 2. The second-order valence-corrected chi connectivity index (χ2v) is 5.33. The maximum atomic E-state index is 11.7. The molecule has 0 saturated heterocycles. The fourth-order valence-electron chi connectivity index (χ4n) is 2.36. The largest absolute Gasteiger partial charge is 0.338 e. The molecule has 0 saturated carbocycles. The number of unbranched alkanes of at least 4 members (excludes halogenated alkanes) is 1. The van der Waals surface area contributed by atoms with Crippen molar-refractivity contribution < 1.29 is 4.79 Å². The van der Waals surface area contributed by atoms with Crippen LogP contribution in [0.3, 0.4) is 0 Å². The van der Waals surface area contributed by atoms with Gasteiger partial charge in [-0.05, 0) is 42.8 Å². The Balaban J connectivity index is 1.74. The van der Waals surface area contributed by atoms with Gasteiger partial charge in [0.15, 0.2) is 0 Å². The minimum Gasteiger partial charge on any atom is -0.338 e. The summed E-state index contributed by atoms with van der Waals surface area (Å²) in [5, 5.41) is 2.91. The number of nitrogens with zero attached hydrogens (tertiary/aromatic N) is 1. The van der Waals surface area contributed by atoms with Crippen LogP contribution in [-0.4, -0.2) is 15.9 Å². The van der Waals surface area contributed by atoms with Crippen LogP contribution >= 0.6 is 0 Å². The van der Waals surface area contributed by atoms with Gasteiger partial charge in [0.2, 0.25) is 5.91 Å². The molecule has 0 bridgehead atoms. The molecular weight excluding hydrogens is 274 g/mol. The quantitative estimate of drug-likeness (QED) is 0.734. The average molecular weight is 293 g/mol. The van der Waals surface area contributed by atoms with Gasteiger partial charge in [-0.3, -0.25) is 4.79 Å². The van der Waals surface area contributed by atoms with Crippen molar-refractivity contribution in [2.24, 2.45) is 0 Å². The van der Waals surface area contributed by atoms with Crippen molar-refractivity contribution in [3.05, 3.63) is 48.5 Å². The van der Waals surface area contributed by atoms with Gasteiger partial charge in [0.1, 0.15) is 5.82 Å². The van der Waals surface area contributed by atoms with E-state index in [4.69, 9.17) is 0 Å². The topological polar surface area (TPSA) is 57.8 Å². The molecule has 2 N–H and O–H groups in total. The summed E-state index contributed by atoms with van der Waals surface area (Å²) in [4.78, 5) is 19.6. The first-order valence-corrected chi connectivity index (χ1v) is 7.61. The summed E-state index contributed by atoms with van der Waals surface area (Å²) in [5.74, 6) is 0.906. The van der Waals surface area contributed by atoms with Crippen molar-refractivity contribution in [3.8, 4) is 11.4 Å². The molecule has 0 aliphatic rings. The molecule has 0 aliphatic heterocycles. The maximum Gasteiger partial charge on any atom is 0.224 e. The summed E-state index contributed by atoms with van der Waals surface area (Å²) in [7, 11) is 0. The number of imidazole rings is 1. The molecular formula is C18H19N3O. The third-order valence-corrected chi connectivity index (χ3v) is 3.59. The zero-order valence-corrected chi connectivity index (χ0v) is 12.6. The third-order valence-electron chi connectivity index (χ3n) is 3.59. The lowest BCUT2D eigenvalue weighted by atomic mass is 10.2. The Morgan fingerprint density at radius 2 is 1.91 bits per heavy atom. The third kappa shape index (κ3) is 3.17. The first-order valence-electron chi connectivity index (χ1n) is 7.61. The predicted octanol–water partition coefficient (Wildman–Crippen LogP) is 4.36. The molecule has 0 fully saturated rings. The highest BCUT2D eigenvalue weighted by Crippen LogP contribution is 2.22. The normalized spacial score (nSPS) is 10.8. The van der Waals surface area contributed by atoms with Crippen molar-refractivity contribution >= 4 is 22.6 Å². The minimum atomic E-state index is 0.0679. The zero-order valence-electron chi connectivity index (χ0n) is 12.6. The van der Waals surface area contributed by atoms with Crippen LogP contribution in [0.5, 0.6) is 0 Å². The van der Waals surface area contributed by atoms with Gasteiger partial charge in [-0.1, -0.05) is 25.5 Å². The number of benzene rings is 2. The van der Waals surface area contributed by atoms with Crippen molar-refractivity contribution in [2.75, 3.05) is 5.32 Å². The Morgan fingerprint density at radius 1 is 1.14 bits per heavy atom. The average Bonchev–Trinajstić information content (AvgIpc) is 2.97. The van der Waals surface area contributed by atoms with Crippen LogP contribution in [0.15, 0.2) is 48.5 Å². The molecule has 0 spiro atoms. The van der Waals surface area contributed by atoms with Gasteiger partial charge in [-0.25, -0.2) is 4.98 Å². The van der Waals surface area contributed by atoms with E-state index >= 15 is 0 Å². The highest BCUT2D eigenvalue weighted by atomic mass is 16.1. The molecule has 1 amide bonds. The van der Waals surface area contributed by atoms with Gasteiger partial charge >= 0.3 is 0 Å². The fourth-order valence-corrected chi connectivity index (χ4v) is 2.36. The lowest BCUT2D eigenvalue weighted by molar-refractivity contribution is -0.116. The smallest absolute Gasteiger partial charge is 0.224 e. The molecule has 1 heterocycles. The van der Waals surface area contributed by atoms with Crippen LogP contribution in [0, 0.1) is 0 Å². The van der Waals surface area contributed by atoms with E-state index in [9.17, 15) is 4.79 Å². The number of carbonyl (C=O) groups is 1. The van der Waals surface area contributed by atoms with Crippen LogP contribution in [-0.2, 0) is 4.79 Å². The second-order valence-electron chi connectivity index (χ2n) is 5.33. The molecule has 1 aromatic heterocycles. The Kier molecular flexibility index (Phi) is 4.19. The molecule has 0 radical (unpaired) electrons. The summed E-state index contributed by atoms with van der Waals surface area (Å²) < 4.78 is 0. The molecule has 3 rings (SSSR count). The predicted molar refractivity (Wildman–Crippen MR) is 89.7 cm³/mol. The van der Waals surface area contributed by atoms with Gasteiger partial charge in [-0.2, -0.15) is 0 Å². The first kappa shape index (κ1) is 14.3. The van der Waals surface area contributed by atoms with E-state index in [1.807, 2.05) is 48.5 Å². The van der Waals surface area contributed by atoms with Gasteiger partial charge in [0.05, 0.1) is 11.0 Å². The van der Waals surface area contributed by atoms with E-state index in [1.165, 1.54) is 0 Å². The number of hydrogen-bond acceptors (Lipinski definition) is 2. The summed E-state index contributed by atoms with van der Waals surface area (Å²) in [6, 6.07) is 15.7. The molecule has 4 heteroatoms. The Hall–Kier alpha value is -2.62. The van der Waals surface area contributed by atoms with E-state index in [1.54, 1.807) is 0 Å². The molecule has 0 unspecified atom stereocenters. The molecule has 112 valence electrons. The molecule has 0 aliphatic carbocycles. The number of hydrogen-bond donors (Lipinski definition) is 2. The minimum absolute atomic E-state index is 0.0679. The van der Waals surface area contributed by atoms with Crippen molar-refractivity contribution in [1.82, 2.24) is 9.97 Å². The summed E-state index contributed by atoms with van der Waals surface area (Å²) in [5.41, 5.74) is 3.80. The molecule has 22 heavy (non-hydrogen) atoms. The zero-order chi connectivity index (χ0) is 15.4. The monoisotopic (exact) mass is 293 g/mol. The second kappa shape index (κ2) is 6.43. The Bertz CT molecular complexity index is 741. The summed E-state index contributed by atoms with van der Waals surface area (Å²) in [6.07, 6.45) is 2.52. The van der Waals surface area contributed by atoms with Gasteiger partial charge < -0.3 is 10.3 Å². The summed E-state index contributed by atoms with van der Waals surface area (Å²) >= 11 is 0. The van der Waals surface area contributed by atoms with E-state index < -0.39 is 0 Å². The van der Waals surface area contributed by atoms with Crippen LogP contribution in [0.4, 0.5) is 5.69 Å². The van der Waals surface area contributed by atoms with Crippen LogP contribution < -0.4 is 5.32 Å². The van der Waals surface area contributed by atoms with Gasteiger partial charge in [0, 0.05) is 17.7 Å². The lowest BCUT2D eigenvalue weighted by Crippen LogP contribution is -2.10. The van der Waals surface area contributed by atoms with Crippen molar-refractivity contribution in [3.63, 3.8) is 0 Å². The van der Waals surface area contributed by atoms with Crippen LogP contribution in [0.1, 0.15) is 26.2 Å². The van der Waals surface area contributed by atoms with Crippen molar-refractivity contribution in [2.45, 2.75) is 26.2 Å². The number of aromatic amines is 1. The maximum absolute atomic E-state index is 11.7. The number of fused-ring (bicyclic) bond motifs is 1. The number of H-pyrrole nitrogens is 1. The number of nitrogens with one attached hydrogen (secondary N) is 2. The number of carbonyl (C=O) groups excluding carboxylic acids is 1. The van der Waals surface area contributed by atoms with E-state index in [0.29, 0.717) is 6.42 Å². The molecule has 3 aromatic rings. The Labute approximate surface area is 129 Å².